The first kappa shape index (κ1) is 15.9. The Balaban J connectivity index is 1.74. The van der Waals surface area contributed by atoms with Crippen LogP contribution in [0.3, 0.4) is 0 Å². The minimum absolute atomic E-state index is 0.00985. The molecule has 1 heterocycles. The summed E-state index contributed by atoms with van der Waals surface area (Å²) in [5.41, 5.74) is 0.813. The number of rotatable bonds is 5. The standard InChI is InChI=1S/C15H21F3N2O/c1-11-2-4-12(5-3-11)8-19-13-6-7-14(20-9-13)21-10-15(16,17)18/h6-7,9,11-12,19H,2-5,8,10H2,1H3. The number of nitrogens with one attached hydrogen (secondary N) is 1. The molecule has 3 nitrogen and oxygen atoms in total. The number of pyridine rings is 1. The lowest BCUT2D eigenvalue weighted by Crippen LogP contribution is -2.20. The molecule has 0 unspecified atom stereocenters. The number of hydrogen-bond donors (Lipinski definition) is 1. The van der Waals surface area contributed by atoms with E-state index in [1.807, 2.05) is 0 Å². The Morgan fingerprint density at radius 3 is 2.52 bits per heavy atom. The molecule has 6 heteroatoms. The van der Waals surface area contributed by atoms with Crippen LogP contribution in [0.4, 0.5) is 18.9 Å². The first-order chi connectivity index (χ1) is 9.92. The third kappa shape index (κ3) is 5.81. The van der Waals surface area contributed by atoms with Gasteiger partial charge in [-0.3, -0.25) is 0 Å². The van der Waals surface area contributed by atoms with Gasteiger partial charge >= 0.3 is 6.18 Å². The van der Waals surface area contributed by atoms with E-state index in [0.29, 0.717) is 5.92 Å². The summed E-state index contributed by atoms with van der Waals surface area (Å²) in [7, 11) is 0. The lowest BCUT2D eigenvalue weighted by atomic mass is 9.83. The third-order valence-electron chi connectivity index (χ3n) is 3.85. The molecule has 2 rings (SSSR count). The Bertz CT molecular complexity index is 426. The summed E-state index contributed by atoms with van der Waals surface area (Å²) in [6, 6.07) is 3.15. The molecule has 0 atom stereocenters. The Kier molecular flexibility index (Phi) is 5.31. The molecule has 0 amide bonds. The highest BCUT2D eigenvalue weighted by Gasteiger charge is 2.28. The van der Waals surface area contributed by atoms with Gasteiger partial charge in [0.25, 0.3) is 0 Å². The van der Waals surface area contributed by atoms with Gasteiger partial charge in [0.1, 0.15) is 0 Å². The predicted molar refractivity (Wildman–Crippen MR) is 75.4 cm³/mol. The summed E-state index contributed by atoms with van der Waals surface area (Å²) in [4.78, 5) is 3.87. The zero-order valence-electron chi connectivity index (χ0n) is 12.1. The number of hydrogen-bond acceptors (Lipinski definition) is 3. The summed E-state index contributed by atoms with van der Waals surface area (Å²) in [6.07, 6.45) is 2.18. The van der Waals surface area contributed by atoms with Gasteiger partial charge in [-0.2, -0.15) is 13.2 Å². The van der Waals surface area contributed by atoms with E-state index < -0.39 is 12.8 Å². The van der Waals surface area contributed by atoms with Crippen LogP contribution in [0.2, 0.25) is 0 Å². The molecule has 0 aliphatic heterocycles. The van der Waals surface area contributed by atoms with Gasteiger partial charge in [-0.15, -0.1) is 0 Å². The zero-order valence-corrected chi connectivity index (χ0v) is 12.1. The molecule has 118 valence electrons. The summed E-state index contributed by atoms with van der Waals surface area (Å²) < 4.78 is 40.6. The van der Waals surface area contributed by atoms with Crippen LogP contribution in [-0.2, 0) is 0 Å². The molecule has 0 radical (unpaired) electrons. The van der Waals surface area contributed by atoms with Gasteiger partial charge in [0.05, 0.1) is 11.9 Å². The van der Waals surface area contributed by atoms with Crippen molar-refractivity contribution in [3.8, 4) is 5.88 Å². The lowest BCUT2D eigenvalue weighted by Gasteiger charge is -2.26. The van der Waals surface area contributed by atoms with Crippen molar-refractivity contribution in [1.29, 1.82) is 0 Å². The van der Waals surface area contributed by atoms with E-state index >= 15 is 0 Å². The number of anilines is 1. The van der Waals surface area contributed by atoms with Crippen molar-refractivity contribution in [1.82, 2.24) is 4.98 Å². The van der Waals surface area contributed by atoms with E-state index in [2.05, 4.69) is 22.0 Å². The minimum atomic E-state index is -4.34. The van der Waals surface area contributed by atoms with Gasteiger partial charge in [-0.05, 0) is 30.7 Å². The zero-order chi connectivity index (χ0) is 15.3. The molecule has 1 aromatic heterocycles. The second-order valence-electron chi connectivity index (χ2n) is 5.80. The monoisotopic (exact) mass is 302 g/mol. The molecule has 0 saturated heterocycles. The van der Waals surface area contributed by atoms with Gasteiger partial charge in [0.2, 0.25) is 5.88 Å². The van der Waals surface area contributed by atoms with Crippen LogP contribution in [-0.4, -0.2) is 24.3 Å². The first-order valence-corrected chi connectivity index (χ1v) is 7.32. The minimum Gasteiger partial charge on any atom is -0.468 e. The largest absolute Gasteiger partial charge is 0.468 e. The van der Waals surface area contributed by atoms with Crippen LogP contribution in [0.5, 0.6) is 5.88 Å². The molecular weight excluding hydrogens is 281 g/mol. The molecule has 1 aromatic rings. The molecule has 1 aliphatic carbocycles. The Morgan fingerprint density at radius 2 is 1.95 bits per heavy atom. The maximum atomic E-state index is 12.0. The van der Waals surface area contributed by atoms with Crippen molar-refractivity contribution in [3.05, 3.63) is 18.3 Å². The van der Waals surface area contributed by atoms with Crippen LogP contribution < -0.4 is 10.1 Å². The molecule has 1 N–H and O–H groups in total. The molecule has 1 saturated carbocycles. The average Bonchev–Trinajstić information content (AvgIpc) is 2.45. The maximum absolute atomic E-state index is 12.0. The quantitative estimate of drug-likeness (QED) is 0.882. The summed E-state index contributed by atoms with van der Waals surface area (Å²) in [5.74, 6) is 1.49. The van der Waals surface area contributed by atoms with Crippen LogP contribution in [0.15, 0.2) is 18.3 Å². The Hall–Kier alpha value is -1.46. The van der Waals surface area contributed by atoms with Crippen LogP contribution in [0.25, 0.3) is 0 Å². The van der Waals surface area contributed by atoms with E-state index in [1.54, 1.807) is 6.07 Å². The summed E-state index contributed by atoms with van der Waals surface area (Å²) in [5, 5.41) is 3.29. The second-order valence-corrected chi connectivity index (χ2v) is 5.80. The predicted octanol–water partition coefficient (Wildman–Crippen LogP) is 4.26. The SMILES string of the molecule is CC1CCC(CNc2ccc(OCC(F)(F)F)nc2)CC1. The highest BCUT2D eigenvalue weighted by Crippen LogP contribution is 2.28. The van der Waals surface area contributed by atoms with E-state index in [0.717, 1.165) is 18.2 Å². The van der Waals surface area contributed by atoms with Crippen molar-refractivity contribution in [2.45, 2.75) is 38.8 Å². The second kappa shape index (κ2) is 7.00. The molecule has 1 aliphatic rings. The first-order valence-electron chi connectivity index (χ1n) is 7.32. The third-order valence-corrected chi connectivity index (χ3v) is 3.85. The number of halogens is 3. The van der Waals surface area contributed by atoms with Crippen molar-refractivity contribution in [3.63, 3.8) is 0 Å². The fraction of sp³-hybridized carbons (Fsp3) is 0.667. The highest BCUT2D eigenvalue weighted by atomic mass is 19.4. The molecule has 0 bridgehead atoms. The molecule has 21 heavy (non-hydrogen) atoms. The van der Waals surface area contributed by atoms with Gasteiger partial charge in [-0.1, -0.05) is 19.8 Å². The van der Waals surface area contributed by atoms with Crippen molar-refractivity contribution < 1.29 is 17.9 Å². The normalized spacial score (nSPS) is 22.9. The Morgan fingerprint density at radius 1 is 1.24 bits per heavy atom. The number of aromatic nitrogens is 1. The van der Waals surface area contributed by atoms with Crippen molar-refractivity contribution in [2.24, 2.45) is 11.8 Å². The van der Waals surface area contributed by atoms with Crippen molar-refractivity contribution >= 4 is 5.69 Å². The molecular formula is C15H21F3N2O. The van der Waals surface area contributed by atoms with Gasteiger partial charge < -0.3 is 10.1 Å². The van der Waals surface area contributed by atoms with Crippen LogP contribution in [0.1, 0.15) is 32.6 Å². The van der Waals surface area contributed by atoms with Gasteiger partial charge in [-0.25, -0.2) is 4.98 Å². The van der Waals surface area contributed by atoms with E-state index in [1.165, 1.54) is 37.9 Å². The van der Waals surface area contributed by atoms with E-state index in [-0.39, 0.29) is 5.88 Å². The fourth-order valence-electron chi connectivity index (χ4n) is 2.52. The lowest BCUT2D eigenvalue weighted by molar-refractivity contribution is -0.154. The Labute approximate surface area is 122 Å². The summed E-state index contributed by atoms with van der Waals surface area (Å²) >= 11 is 0. The molecule has 1 fully saturated rings. The number of nitrogens with zero attached hydrogens (tertiary/aromatic N) is 1. The highest BCUT2D eigenvalue weighted by molar-refractivity contribution is 5.42. The van der Waals surface area contributed by atoms with Gasteiger partial charge in [0.15, 0.2) is 6.61 Å². The van der Waals surface area contributed by atoms with E-state index in [9.17, 15) is 13.2 Å². The molecule has 0 aromatic carbocycles. The summed E-state index contributed by atoms with van der Waals surface area (Å²) in [6.45, 7) is 1.86. The maximum Gasteiger partial charge on any atom is 0.422 e. The van der Waals surface area contributed by atoms with Crippen molar-refractivity contribution in [2.75, 3.05) is 18.5 Å². The topological polar surface area (TPSA) is 34.1 Å². The van der Waals surface area contributed by atoms with Gasteiger partial charge in [0, 0.05) is 12.6 Å². The number of ether oxygens (including phenoxy) is 1. The average molecular weight is 302 g/mol. The fourth-order valence-corrected chi connectivity index (χ4v) is 2.52. The van der Waals surface area contributed by atoms with Crippen LogP contribution in [0, 0.1) is 11.8 Å². The number of alkyl halides is 3. The van der Waals surface area contributed by atoms with Crippen LogP contribution >= 0.6 is 0 Å². The smallest absolute Gasteiger partial charge is 0.422 e. The molecule has 0 spiro atoms. The van der Waals surface area contributed by atoms with E-state index in [4.69, 9.17) is 0 Å².